The maximum atomic E-state index is 12.4. The lowest BCUT2D eigenvalue weighted by Crippen LogP contribution is -2.39. The monoisotopic (exact) mass is 325 g/mol. The number of carbonyl (C=O) groups excluding carboxylic acids is 1. The summed E-state index contributed by atoms with van der Waals surface area (Å²) < 4.78 is 0. The molecule has 0 spiro atoms. The van der Waals surface area contributed by atoms with E-state index in [0.717, 1.165) is 19.6 Å². The lowest BCUT2D eigenvalue weighted by molar-refractivity contribution is -0.132. The number of benzene rings is 1. The zero-order valence-electron chi connectivity index (χ0n) is 13.8. The second-order valence-electron chi connectivity index (χ2n) is 6.04. The van der Waals surface area contributed by atoms with Crippen LogP contribution >= 0.6 is 12.4 Å². The van der Waals surface area contributed by atoms with Gasteiger partial charge in [-0.05, 0) is 45.0 Å². The van der Waals surface area contributed by atoms with Crippen LogP contribution in [-0.4, -0.2) is 56.0 Å². The predicted octanol–water partition coefficient (Wildman–Crippen LogP) is 2.17. The molecule has 2 unspecified atom stereocenters. The summed E-state index contributed by atoms with van der Waals surface area (Å²) in [7, 11) is 3.89. The number of hydrogen-bond acceptors (Lipinski definition) is 3. The number of halogens is 1. The third-order valence-corrected chi connectivity index (χ3v) is 4.48. The van der Waals surface area contributed by atoms with Gasteiger partial charge in [-0.1, -0.05) is 30.3 Å². The topological polar surface area (TPSA) is 35.6 Å². The predicted molar refractivity (Wildman–Crippen MR) is 93.3 cm³/mol. The molecule has 1 aliphatic rings. The normalized spacial score (nSPS) is 19.5. The maximum Gasteiger partial charge on any atom is 0.236 e. The molecule has 0 aliphatic carbocycles. The maximum absolute atomic E-state index is 12.4. The molecule has 5 heteroatoms. The molecule has 0 radical (unpaired) electrons. The minimum absolute atomic E-state index is 0. The smallest absolute Gasteiger partial charge is 0.236 e. The molecule has 1 heterocycles. The number of hydrogen-bond donors (Lipinski definition) is 1. The third kappa shape index (κ3) is 4.97. The first-order chi connectivity index (χ1) is 10.1. The Morgan fingerprint density at radius 2 is 2.09 bits per heavy atom. The van der Waals surface area contributed by atoms with Crippen molar-refractivity contribution in [1.29, 1.82) is 0 Å². The van der Waals surface area contributed by atoms with Gasteiger partial charge in [-0.2, -0.15) is 0 Å². The molecule has 1 amide bonds. The molecule has 1 aromatic carbocycles. The summed E-state index contributed by atoms with van der Waals surface area (Å²) in [4.78, 5) is 16.6. The van der Waals surface area contributed by atoms with E-state index in [-0.39, 0.29) is 24.4 Å². The van der Waals surface area contributed by atoms with E-state index in [1.54, 1.807) is 0 Å². The van der Waals surface area contributed by atoms with Gasteiger partial charge in [-0.15, -0.1) is 12.4 Å². The second kappa shape index (κ2) is 9.13. The molecule has 4 nitrogen and oxygen atoms in total. The number of likely N-dealkylation sites (tertiary alicyclic amines) is 1. The van der Waals surface area contributed by atoms with Gasteiger partial charge in [-0.25, -0.2) is 0 Å². The van der Waals surface area contributed by atoms with E-state index >= 15 is 0 Å². The van der Waals surface area contributed by atoms with E-state index in [1.165, 1.54) is 12.0 Å². The summed E-state index contributed by atoms with van der Waals surface area (Å²) in [6.45, 7) is 5.72. The van der Waals surface area contributed by atoms with E-state index in [9.17, 15) is 4.79 Å². The van der Waals surface area contributed by atoms with Crippen LogP contribution in [0.3, 0.4) is 0 Å². The molecule has 1 fully saturated rings. The first-order valence-corrected chi connectivity index (χ1v) is 7.79. The number of carbonyl (C=O) groups is 1. The Morgan fingerprint density at radius 3 is 2.73 bits per heavy atom. The summed E-state index contributed by atoms with van der Waals surface area (Å²) in [5.74, 6) is 0.885. The van der Waals surface area contributed by atoms with Gasteiger partial charge >= 0.3 is 0 Å². The molecule has 1 aromatic rings. The van der Waals surface area contributed by atoms with Crippen molar-refractivity contribution in [2.45, 2.75) is 19.4 Å². The molecule has 2 atom stereocenters. The number of nitrogens with zero attached hydrogens (tertiary/aromatic N) is 2. The molecule has 1 saturated heterocycles. The molecule has 1 aliphatic heterocycles. The van der Waals surface area contributed by atoms with Crippen molar-refractivity contribution in [3.63, 3.8) is 0 Å². The van der Waals surface area contributed by atoms with Crippen molar-refractivity contribution in [1.82, 2.24) is 15.1 Å². The van der Waals surface area contributed by atoms with Crippen molar-refractivity contribution in [3.8, 4) is 0 Å². The number of nitrogens with one attached hydrogen (secondary N) is 1. The Hall–Kier alpha value is -1.10. The number of amides is 1. The molecule has 22 heavy (non-hydrogen) atoms. The molecule has 1 N–H and O–H groups in total. The van der Waals surface area contributed by atoms with Crippen LogP contribution in [-0.2, 0) is 4.79 Å². The quantitative estimate of drug-likeness (QED) is 0.870. The zero-order chi connectivity index (χ0) is 15.2. The van der Waals surface area contributed by atoms with Crippen LogP contribution in [0, 0.1) is 5.92 Å². The van der Waals surface area contributed by atoms with Crippen LogP contribution in [0.15, 0.2) is 30.3 Å². The fraction of sp³-hybridized carbons (Fsp3) is 0.588. The molecular weight excluding hydrogens is 298 g/mol. The lowest BCUT2D eigenvalue weighted by Gasteiger charge is -2.27. The van der Waals surface area contributed by atoms with Gasteiger partial charge in [0.15, 0.2) is 0 Å². The van der Waals surface area contributed by atoms with E-state index in [1.807, 2.05) is 37.2 Å². The average molecular weight is 326 g/mol. The summed E-state index contributed by atoms with van der Waals surface area (Å²) in [5, 5.41) is 3.22. The largest absolute Gasteiger partial charge is 0.338 e. The lowest BCUT2D eigenvalue weighted by atomic mass is 10.1. The Labute approximate surface area is 140 Å². The van der Waals surface area contributed by atoms with Crippen molar-refractivity contribution in [2.24, 2.45) is 5.92 Å². The first kappa shape index (κ1) is 18.9. The number of rotatable bonds is 6. The first-order valence-electron chi connectivity index (χ1n) is 7.79. The van der Waals surface area contributed by atoms with Crippen LogP contribution < -0.4 is 5.32 Å². The molecular formula is C17H28ClN3O. The molecule has 0 aromatic heterocycles. The van der Waals surface area contributed by atoms with Gasteiger partial charge in [0.05, 0.1) is 12.6 Å². The van der Waals surface area contributed by atoms with Gasteiger partial charge in [0.2, 0.25) is 5.91 Å². The third-order valence-electron chi connectivity index (χ3n) is 4.48. The van der Waals surface area contributed by atoms with Gasteiger partial charge in [0, 0.05) is 13.6 Å². The highest BCUT2D eigenvalue weighted by atomic mass is 35.5. The summed E-state index contributed by atoms with van der Waals surface area (Å²) in [5.41, 5.74) is 1.18. The number of likely N-dealkylation sites (N-methyl/N-ethyl adjacent to an activating group) is 1. The van der Waals surface area contributed by atoms with Crippen LogP contribution in [0.25, 0.3) is 0 Å². The molecule has 2 rings (SSSR count). The minimum atomic E-state index is 0. The Kier molecular flexibility index (Phi) is 7.87. The van der Waals surface area contributed by atoms with Gasteiger partial charge < -0.3 is 10.2 Å². The molecule has 0 saturated carbocycles. The zero-order valence-corrected chi connectivity index (χ0v) is 14.6. The second-order valence-corrected chi connectivity index (χ2v) is 6.04. The van der Waals surface area contributed by atoms with E-state index in [4.69, 9.17) is 0 Å². The standard InChI is InChI=1S/C17H27N3O.ClH/c1-14(16-7-5-4-6-8-16)19(3)17(21)13-20-10-9-15(12-20)11-18-2;/h4-8,14-15,18H,9-13H2,1-3H3;1H. The van der Waals surface area contributed by atoms with Gasteiger partial charge in [-0.3, -0.25) is 9.69 Å². The average Bonchev–Trinajstić information content (AvgIpc) is 2.94. The van der Waals surface area contributed by atoms with Crippen LogP contribution in [0.5, 0.6) is 0 Å². The van der Waals surface area contributed by atoms with Crippen LogP contribution in [0.2, 0.25) is 0 Å². The highest BCUT2D eigenvalue weighted by Crippen LogP contribution is 2.20. The van der Waals surface area contributed by atoms with Crippen molar-refractivity contribution in [2.75, 3.05) is 40.3 Å². The van der Waals surface area contributed by atoms with Crippen molar-refractivity contribution >= 4 is 18.3 Å². The van der Waals surface area contributed by atoms with Crippen LogP contribution in [0.1, 0.15) is 24.9 Å². The van der Waals surface area contributed by atoms with Crippen molar-refractivity contribution < 1.29 is 4.79 Å². The Morgan fingerprint density at radius 1 is 1.41 bits per heavy atom. The molecule has 0 bridgehead atoms. The van der Waals surface area contributed by atoms with Crippen molar-refractivity contribution in [3.05, 3.63) is 35.9 Å². The fourth-order valence-electron chi connectivity index (χ4n) is 2.99. The Balaban J connectivity index is 0.00000242. The highest BCUT2D eigenvalue weighted by molar-refractivity contribution is 5.85. The van der Waals surface area contributed by atoms with E-state index < -0.39 is 0 Å². The van der Waals surface area contributed by atoms with E-state index in [0.29, 0.717) is 12.5 Å². The minimum Gasteiger partial charge on any atom is -0.338 e. The SMILES string of the molecule is CNCC1CCN(CC(=O)N(C)C(C)c2ccccc2)C1.Cl. The highest BCUT2D eigenvalue weighted by Gasteiger charge is 2.25. The van der Waals surface area contributed by atoms with Gasteiger partial charge in [0.25, 0.3) is 0 Å². The van der Waals surface area contributed by atoms with Crippen LogP contribution in [0.4, 0.5) is 0 Å². The summed E-state index contributed by atoms with van der Waals surface area (Å²) >= 11 is 0. The molecule has 124 valence electrons. The summed E-state index contributed by atoms with van der Waals surface area (Å²) in [6.07, 6.45) is 1.19. The fourth-order valence-corrected chi connectivity index (χ4v) is 2.99. The van der Waals surface area contributed by atoms with Gasteiger partial charge in [0.1, 0.15) is 0 Å². The Bertz CT molecular complexity index is 454. The van der Waals surface area contributed by atoms with E-state index in [2.05, 4.69) is 29.3 Å². The summed E-state index contributed by atoms with van der Waals surface area (Å²) in [6, 6.07) is 10.3.